The van der Waals surface area contributed by atoms with Gasteiger partial charge in [-0.05, 0) is 44.5 Å². The van der Waals surface area contributed by atoms with E-state index in [1.54, 1.807) is 49.7 Å². The van der Waals surface area contributed by atoms with Gasteiger partial charge in [-0.1, -0.05) is 40.9 Å². The highest BCUT2D eigenvalue weighted by atomic mass is 35.5. The van der Waals surface area contributed by atoms with Crippen molar-refractivity contribution >= 4 is 41.0 Å². The molecule has 0 bridgehead atoms. The second kappa shape index (κ2) is 8.42. The van der Waals surface area contributed by atoms with Crippen molar-refractivity contribution in [2.45, 2.75) is 27.3 Å². The molecule has 0 atom stereocenters. The third kappa shape index (κ3) is 4.08. The lowest BCUT2D eigenvalue weighted by Gasteiger charge is -2.08. The summed E-state index contributed by atoms with van der Waals surface area (Å²) in [5, 5.41) is 19.2. The highest BCUT2D eigenvalue weighted by molar-refractivity contribution is 6.36. The van der Waals surface area contributed by atoms with Crippen molar-refractivity contribution in [2.24, 2.45) is 5.10 Å². The van der Waals surface area contributed by atoms with E-state index in [9.17, 15) is 10.1 Å². The summed E-state index contributed by atoms with van der Waals surface area (Å²) >= 11 is 19.0. The SMILES string of the molecule is Cc1cc(C)n(/N=C/c2c(C)nn(Cc3c(Cl)cccc3Cl)c2Cl)c(=O)c1C#N. The molecule has 0 aliphatic carbocycles. The van der Waals surface area contributed by atoms with Crippen molar-refractivity contribution in [1.29, 1.82) is 5.26 Å². The average Bonchev–Trinajstić information content (AvgIpc) is 2.92. The maximum Gasteiger partial charge on any atom is 0.289 e. The molecule has 0 fully saturated rings. The molecule has 0 radical (unpaired) electrons. The Morgan fingerprint density at radius 2 is 1.86 bits per heavy atom. The van der Waals surface area contributed by atoms with E-state index in [1.165, 1.54) is 10.9 Å². The molecule has 6 nitrogen and oxygen atoms in total. The maximum atomic E-state index is 12.5. The molecule has 3 rings (SSSR count). The van der Waals surface area contributed by atoms with Crippen molar-refractivity contribution in [3.63, 3.8) is 0 Å². The van der Waals surface area contributed by atoms with E-state index in [-0.39, 0.29) is 12.1 Å². The number of rotatable bonds is 4. The number of nitrogens with zero attached hydrogens (tertiary/aromatic N) is 5. The van der Waals surface area contributed by atoms with Gasteiger partial charge in [0.2, 0.25) is 0 Å². The van der Waals surface area contributed by atoms with Crippen LogP contribution in [0.1, 0.15) is 33.6 Å². The third-order valence-corrected chi connectivity index (χ3v) is 5.56. The zero-order valence-electron chi connectivity index (χ0n) is 15.9. The number of benzene rings is 1. The molecular formula is C20H16Cl3N5O. The summed E-state index contributed by atoms with van der Waals surface area (Å²) in [6.45, 7) is 5.52. The molecule has 0 spiro atoms. The highest BCUT2D eigenvalue weighted by Gasteiger charge is 2.15. The number of halogens is 3. The summed E-state index contributed by atoms with van der Waals surface area (Å²) in [6, 6.07) is 8.90. The fraction of sp³-hybridized carbons (Fsp3) is 0.200. The molecule has 29 heavy (non-hydrogen) atoms. The summed E-state index contributed by atoms with van der Waals surface area (Å²) in [5.74, 6) is 0. The topological polar surface area (TPSA) is 76.0 Å². The summed E-state index contributed by atoms with van der Waals surface area (Å²) < 4.78 is 2.74. The molecular weight excluding hydrogens is 433 g/mol. The Labute approximate surface area is 182 Å². The van der Waals surface area contributed by atoms with Crippen LogP contribution in [0.4, 0.5) is 0 Å². The van der Waals surface area contributed by atoms with Gasteiger partial charge < -0.3 is 0 Å². The zero-order chi connectivity index (χ0) is 21.3. The first kappa shape index (κ1) is 21.1. The van der Waals surface area contributed by atoms with Crippen molar-refractivity contribution in [3.05, 3.63) is 83.5 Å². The number of hydrogen-bond donors (Lipinski definition) is 0. The average molecular weight is 449 g/mol. The Morgan fingerprint density at radius 3 is 2.48 bits per heavy atom. The largest absolute Gasteiger partial charge is 0.289 e. The van der Waals surface area contributed by atoms with Gasteiger partial charge in [0.1, 0.15) is 16.8 Å². The third-order valence-electron chi connectivity index (χ3n) is 4.45. The molecule has 0 aliphatic heterocycles. The van der Waals surface area contributed by atoms with Crippen molar-refractivity contribution in [3.8, 4) is 6.07 Å². The quantitative estimate of drug-likeness (QED) is 0.541. The van der Waals surface area contributed by atoms with Crippen molar-refractivity contribution < 1.29 is 0 Å². The predicted molar refractivity (Wildman–Crippen MR) is 115 cm³/mol. The van der Waals surface area contributed by atoms with E-state index < -0.39 is 5.56 Å². The summed E-state index contributed by atoms with van der Waals surface area (Å²) in [6.07, 6.45) is 1.46. The van der Waals surface area contributed by atoms with E-state index in [1.807, 2.05) is 6.07 Å². The van der Waals surface area contributed by atoms with E-state index in [0.717, 1.165) is 0 Å². The molecule has 3 aromatic rings. The Morgan fingerprint density at radius 1 is 1.21 bits per heavy atom. The standard InChI is InChI=1S/C20H16Cl3N5O/c1-11-7-12(2)28(20(29)14(11)8-24)25-9-15-13(3)26-27(19(15)23)10-16-17(21)5-4-6-18(16)22/h4-7,9H,10H2,1-3H3/b25-9+. The van der Waals surface area contributed by atoms with Crippen LogP contribution in [0.3, 0.4) is 0 Å². The van der Waals surface area contributed by atoms with Gasteiger partial charge in [-0.3, -0.25) is 4.79 Å². The minimum atomic E-state index is -0.481. The number of hydrogen-bond acceptors (Lipinski definition) is 4. The monoisotopic (exact) mass is 447 g/mol. The Bertz CT molecular complexity index is 1210. The first-order valence-corrected chi connectivity index (χ1v) is 9.71. The molecule has 0 aliphatic rings. The number of nitriles is 1. The molecule has 148 valence electrons. The minimum Gasteiger partial charge on any atom is -0.266 e. The molecule has 0 N–H and O–H groups in total. The molecule has 1 aromatic carbocycles. The van der Waals surface area contributed by atoms with Gasteiger partial charge in [0.05, 0.1) is 24.0 Å². The summed E-state index contributed by atoms with van der Waals surface area (Å²) in [5.41, 5.74) is 2.67. The van der Waals surface area contributed by atoms with E-state index >= 15 is 0 Å². The van der Waals surface area contributed by atoms with Gasteiger partial charge in [0.25, 0.3) is 5.56 Å². The smallest absolute Gasteiger partial charge is 0.266 e. The Balaban J connectivity index is 2.01. The zero-order valence-corrected chi connectivity index (χ0v) is 18.1. The van der Waals surface area contributed by atoms with Crippen LogP contribution in [-0.2, 0) is 6.54 Å². The second-order valence-electron chi connectivity index (χ2n) is 6.46. The fourth-order valence-corrected chi connectivity index (χ4v) is 3.73. The van der Waals surface area contributed by atoms with Crippen molar-refractivity contribution in [1.82, 2.24) is 14.5 Å². The van der Waals surface area contributed by atoms with E-state index in [4.69, 9.17) is 34.8 Å². The van der Waals surface area contributed by atoms with Crippen LogP contribution in [0, 0.1) is 32.1 Å². The van der Waals surface area contributed by atoms with Crippen LogP contribution in [0.25, 0.3) is 0 Å². The van der Waals surface area contributed by atoms with Gasteiger partial charge >= 0.3 is 0 Å². The van der Waals surface area contributed by atoms with Crippen LogP contribution in [-0.4, -0.2) is 20.7 Å². The molecule has 0 unspecified atom stereocenters. The number of pyridine rings is 1. The Kier molecular flexibility index (Phi) is 6.13. The van der Waals surface area contributed by atoms with Crippen LogP contribution in [0.2, 0.25) is 15.2 Å². The molecule has 2 aromatic heterocycles. The normalized spacial score (nSPS) is 11.2. The summed E-state index contributed by atoms with van der Waals surface area (Å²) in [4.78, 5) is 12.5. The lowest BCUT2D eigenvalue weighted by Crippen LogP contribution is -2.22. The predicted octanol–water partition coefficient (Wildman–Crippen LogP) is 4.73. The molecule has 0 saturated carbocycles. The second-order valence-corrected chi connectivity index (χ2v) is 7.64. The van der Waals surface area contributed by atoms with Crippen molar-refractivity contribution in [2.75, 3.05) is 0 Å². The van der Waals surface area contributed by atoms with Crippen LogP contribution >= 0.6 is 34.8 Å². The lowest BCUT2D eigenvalue weighted by atomic mass is 10.1. The molecule has 9 heteroatoms. The van der Waals surface area contributed by atoms with Crippen LogP contribution in [0.15, 0.2) is 34.2 Å². The fourth-order valence-electron chi connectivity index (χ4n) is 2.93. The molecule has 0 amide bonds. The first-order chi connectivity index (χ1) is 13.7. The van der Waals surface area contributed by atoms with Gasteiger partial charge in [-0.25, -0.2) is 9.36 Å². The Hall–Kier alpha value is -2.59. The molecule has 2 heterocycles. The number of aromatic nitrogens is 3. The van der Waals surface area contributed by atoms with E-state index in [0.29, 0.717) is 43.3 Å². The van der Waals surface area contributed by atoms with Crippen LogP contribution in [0.5, 0.6) is 0 Å². The first-order valence-electron chi connectivity index (χ1n) is 8.58. The highest BCUT2D eigenvalue weighted by Crippen LogP contribution is 2.27. The van der Waals surface area contributed by atoms with Gasteiger partial charge in [0.15, 0.2) is 0 Å². The lowest BCUT2D eigenvalue weighted by molar-refractivity contribution is 0.680. The van der Waals surface area contributed by atoms with Gasteiger partial charge in [-0.15, -0.1) is 0 Å². The van der Waals surface area contributed by atoms with Gasteiger partial charge in [-0.2, -0.15) is 15.5 Å². The summed E-state index contributed by atoms with van der Waals surface area (Å²) in [7, 11) is 0. The van der Waals surface area contributed by atoms with Crippen LogP contribution < -0.4 is 5.56 Å². The van der Waals surface area contributed by atoms with E-state index in [2.05, 4.69) is 10.2 Å². The van der Waals surface area contributed by atoms with Gasteiger partial charge in [0, 0.05) is 21.3 Å². The minimum absolute atomic E-state index is 0.0552. The number of aryl methyl sites for hydroxylation is 3. The molecule has 0 saturated heterocycles. The maximum absolute atomic E-state index is 12.5.